The molecule has 9 nitrogen and oxygen atoms in total. The quantitative estimate of drug-likeness (QED) is 0.0211. The van der Waals surface area contributed by atoms with Crippen LogP contribution in [-0.4, -0.2) is 87.4 Å². The van der Waals surface area contributed by atoms with E-state index in [1.807, 2.05) is 21.1 Å². The van der Waals surface area contributed by atoms with Crippen molar-refractivity contribution in [2.24, 2.45) is 0 Å². The average molecular weight is 1160 g/mol. The third-order valence-electron chi connectivity index (χ3n) is 14.5. The highest BCUT2D eigenvalue weighted by atomic mass is 16.7. The van der Waals surface area contributed by atoms with Crippen molar-refractivity contribution in [2.75, 3.05) is 47.5 Å². The Morgan fingerprint density at radius 3 is 1.02 bits per heavy atom. The number of carboxylic acid groups (broad SMARTS) is 1. The number of carbonyl (C=O) groups is 3. The van der Waals surface area contributed by atoms with Gasteiger partial charge < -0.3 is 28.5 Å². The van der Waals surface area contributed by atoms with Crippen LogP contribution in [0, 0.1) is 0 Å². The van der Waals surface area contributed by atoms with E-state index in [-0.39, 0.29) is 32.2 Å². The van der Waals surface area contributed by atoms with Crippen molar-refractivity contribution in [1.29, 1.82) is 0 Å². The lowest BCUT2D eigenvalue weighted by molar-refractivity contribution is -0.870. The highest BCUT2D eigenvalue weighted by Gasteiger charge is 2.25. The molecule has 0 saturated heterocycles. The summed E-state index contributed by atoms with van der Waals surface area (Å²) in [7, 11) is 5.97. The van der Waals surface area contributed by atoms with Gasteiger partial charge in [0, 0.05) is 12.8 Å². The molecule has 0 aliphatic carbocycles. The van der Waals surface area contributed by atoms with Crippen LogP contribution < -0.4 is 0 Å². The van der Waals surface area contributed by atoms with E-state index in [1.54, 1.807) is 0 Å². The number of rotatable bonds is 62. The van der Waals surface area contributed by atoms with Gasteiger partial charge in [-0.2, -0.15) is 0 Å². The highest BCUT2D eigenvalue weighted by molar-refractivity contribution is 5.71. The number of nitrogens with zero attached hydrogens (tertiary/aromatic N) is 1. The molecule has 0 spiro atoms. The minimum absolute atomic E-state index is 0.179. The summed E-state index contributed by atoms with van der Waals surface area (Å²) in [5, 5.41) is 9.74. The number of carbonyl (C=O) groups excluding carboxylic acids is 2. The van der Waals surface area contributed by atoms with Crippen LogP contribution in [0.4, 0.5) is 0 Å². The topological polar surface area (TPSA) is 108 Å². The Morgan fingerprint density at radius 1 is 0.373 bits per heavy atom. The van der Waals surface area contributed by atoms with E-state index in [2.05, 4.69) is 123 Å². The van der Waals surface area contributed by atoms with E-state index in [9.17, 15) is 19.5 Å². The van der Waals surface area contributed by atoms with Gasteiger partial charge in [-0.25, -0.2) is 4.79 Å². The van der Waals surface area contributed by atoms with Crippen molar-refractivity contribution < 1.29 is 42.9 Å². The maximum absolute atomic E-state index is 12.9. The first-order valence-corrected chi connectivity index (χ1v) is 34.1. The van der Waals surface area contributed by atoms with Crippen LogP contribution in [0.2, 0.25) is 0 Å². The van der Waals surface area contributed by atoms with Gasteiger partial charge >= 0.3 is 17.9 Å². The van der Waals surface area contributed by atoms with Crippen LogP contribution >= 0.6 is 0 Å². The predicted molar refractivity (Wildman–Crippen MR) is 355 cm³/mol. The minimum atomic E-state index is -1.52. The molecule has 476 valence electrons. The van der Waals surface area contributed by atoms with Gasteiger partial charge in [0.05, 0.1) is 34.4 Å². The highest BCUT2D eigenvalue weighted by Crippen LogP contribution is 2.17. The van der Waals surface area contributed by atoms with Crippen LogP contribution in [0.25, 0.3) is 0 Å². The number of ether oxygens (including phenoxy) is 4. The Balaban J connectivity index is 4.22. The lowest BCUT2D eigenvalue weighted by atomic mass is 10.0. The fraction of sp³-hybridized carbons (Fsp3) is 0.716. The summed E-state index contributed by atoms with van der Waals surface area (Å²) >= 11 is 0. The second-order valence-electron chi connectivity index (χ2n) is 23.8. The lowest BCUT2D eigenvalue weighted by Crippen LogP contribution is -2.40. The summed E-state index contributed by atoms with van der Waals surface area (Å²) in [5.41, 5.74) is 0. The zero-order chi connectivity index (χ0) is 60.5. The second-order valence-corrected chi connectivity index (χ2v) is 23.8. The molecular weight excluding hydrogens is 1030 g/mol. The van der Waals surface area contributed by atoms with Crippen LogP contribution in [-0.2, 0) is 33.3 Å². The van der Waals surface area contributed by atoms with Gasteiger partial charge in [0.1, 0.15) is 13.2 Å². The first-order chi connectivity index (χ1) is 40.6. The van der Waals surface area contributed by atoms with E-state index in [0.717, 1.165) is 109 Å². The molecule has 0 fully saturated rings. The van der Waals surface area contributed by atoms with Gasteiger partial charge in [-0.1, -0.05) is 297 Å². The normalized spacial score (nSPS) is 13.4. The zero-order valence-corrected chi connectivity index (χ0v) is 54.3. The van der Waals surface area contributed by atoms with Crippen LogP contribution in [0.5, 0.6) is 0 Å². The fourth-order valence-corrected chi connectivity index (χ4v) is 9.36. The first kappa shape index (κ1) is 79.0. The lowest BCUT2D eigenvalue weighted by Gasteiger charge is -2.25. The van der Waals surface area contributed by atoms with Crippen molar-refractivity contribution >= 4 is 17.9 Å². The van der Waals surface area contributed by atoms with Gasteiger partial charge in [-0.15, -0.1) is 0 Å². The van der Waals surface area contributed by atoms with Crippen LogP contribution in [0.3, 0.4) is 0 Å². The molecule has 83 heavy (non-hydrogen) atoms. The van der Waals surface area contributed by atoms with Gasteiger partial charge in [0.25, 0.3) is 6.29 Å². The minimum Gasteiger partial charge on any atom is -0.477 e. The fourth-order valence-electron chi connectivity index (χ4n) is 9.36. The van der Waals surface area contributed by atoms with Crippen LogP contribution in [0.15, 0.2) is 109 Å². The van der Waals surface area contributed by atoms with E-state index < -0.39 is 24.3 Å². The monoisotopic (exact) mass is 1160 g/mol. The van der Waals surface area contributed by atoms with Gasteiger partial charge in [-0.3, -0.25) is 9.59 Å². The van der Waals surface area contributed by atoms with E-state index in [1.165, 1.54) is 141 Å². The molecule has 0 aromatic carbocycles. The smallest absolute Gasteiger partial charge is 0.361 e. The number of aliphatic carboxylic acids is 1. The van der Waals surface area contributed by atoms with Gasteiger partial charge in [-0.05, 0) is 83.5 Å². The first-order valence-electron chi connectivity index (χ1n) is 34.1. The maximum atomic E-state index is 12.9. The summed E-state index contributed by atoms with van der Waals surface area (Å²) < 4.78 is 22.9. The molecule has 0 saturated carbocycles. The molecule has 0 bridgehead atoms. The molecule has 2 atom stereocenters. The summed E-state index contributed by atoms with van der Waals surface area (Å²) in [6.07, 6.45) is 86.2. The number of allylic oxidation sites excluding steroid dienone is 18. The molecule has 0 aliphatic heterocycles. The number of quaternary nitrogens is 1. The molecule has 0 rings (SSSR count). The Hall–Kier alpha value is -4.05. The molecule has 9 heteroatoms. The van der Waals surface area contributed by atoms with Crippen molar-refractivity contribution in [1.82, 2.24) is 0 Å². The number of esters is 2. The molecule has 0 amide bonds. The summed E-state index contributed by atoms with van der Waals surface area (Å²) in [6, 6.07) is 0. The Labute approximate surface area is 511 Å². The zero-order valence-electron chi connectivity index (χ0n) is 54.3. The van der Waals surface area contributed by atoms with E-state index >= 15 is 0 Å². The third kappa shape index (κ3) is 65.3. The number of carboxylic acids is 1. The number of hydrogen-bond acceptors (Lipinski definition) is 7. The molecule has 0 heterocycles. The van der Waals surface area contributed by atoms with Crippen molar-refractivity contribution in [3.8, 4) is 0 Å². The van der Waals surface area contributed by atoms with E-state index in [0.29, 0.717) is 23.9 Å². The molecule has 2 unspecified atom stereocenters. The number of unbranched alkanes of at least 4 members (excludes halogenated alkanes) is 29. The van der Waals surface area contributed by atoms with Crippen molar-refractivity contribution in [3.63, 3.8) is 0 Å². The SMILES string of the molecule is CC/C=C\C/C=C\C/C=C\C/C=C\C/C=C\C/C=C\C/C=C\C/C=C\C/C=C\CCCCCCCC(=O)OC(COC(=O)CCCCCCCCCCCCCCCCCCCCCCCCCCC)COC(OCC[N+](C)(C)C)C(=O)O. The van der Waals surface area contributed by atoms with Crippen LogP contribution in [0.1, 0.15) is 284 Å². The standard InChI is InChI=1S/C74H127NO8/c1-6-8-10-12-14-16-18-20-22-24-26-28-30-32-33-34-35-36-37-38-39-41-43-45-47-49-51-53-55-57-59-61-63-65-72(77)83-70(69-82-74(73(78)79)80-67-66-75(3,4)5)68-81-71(76)64-62-60-58-56-54-52-50-48-46-44-42-40-31-29-27-25-23-21-19-17-15-13-11-9-7-2/h8,10,14,16,20,22,26,28,32-33,35-36,38-39,43,45,49,51,70,74H,6-7,9,11-13,15,17-19,21,23-25,27,29-31,34,37,40-42,44,46-48,50,52-69H2,1-5H3/p+1/b10-8-,16-14-,22-20-,28-26-,33-32-,36-35-,39-38-,45-43-,51-49-. The molecule has 1 N–H and O–H groups in total. The molecule has 0 aliphatic rings. The predicted octanol–water partition coefficient (Wildman–Crippen LogP) is 21.0. The van der Waals surface area contributed by atoms with Crippen molar-refractivity contribution in [2.45, 2.75) is 296 Å². The molecule has 0 aromatic heterocycles. The maximum Gasteiger partial charge on any atom is 0.361 e. The average Bonchev–Trinajstić information content (AvgIpc) is 3.46. The molecule has 0 radical (unpaired) electrons. The number of likely N-dealkylation sites (N-methyl/N-ethyl adjacent to an activating group) is 1. The van der Waals surface area contributed by atoms with Gasteiger partial charge in [0.2, 0.25) is 0 Å². The van der Waals surface area contributed by atoms with E-state index in [4.69, 9.17) is 18.9 Å². The molecular formula is C74H128NO8+. The second kappa shape index (κ2) is 64.0. The summed E-state index contributed by atoms with van der Waals surface area (Å²) in [4.78, 5) is 37.6. The third-order valence-corrected chi connectivity index (χ3v) is 14.5. The number of hydrogen-bond donors (Lipinski definition) is 1. The Morgan fingerprint density at radius 2 is 0.687 bits per heavy atom. The van der Waals surface area contributed by atoms with Crippen molar-refractivity contribution in [3.05, 3.63) is 109 Å². The summed E-state index contributed by atoms with van der Waals surface area (Å²) in [5.74, 6) is -2.03. The van der Waals surface area contributed by atoms with Gasteiger partial charge in [0.15, 0.2) is 6.10 Å². The summed E-state index contributed by atoms with van der Waals surface area (Å²) in [6.45, 7) is 4.76. The molecule has 0 aromatic rings. The Bertz CT molecular complexity index is 1730. The largest absolute Gasteiger partial charge is 0.477 e. The Kier molecular flexibility index (Phi) is 60.8.